The minimum absolute atomic E-state index is 0.0730. The molecule has 2 fully saturated rings. The Bertz CT molecular complexity index is 361. The van der Waals surface area contributed by atoms with Crippen molar-refractivity contribution in [3.05, 3.63) is 0 Å². The molecule has 5 heteroatoms. The van der Waals surface area contributed by atoms with Gasteiger partial charge >= 0.3 is 12.0 Å². The Morgan fingerprint density at radius 1 is 0.905 bits per heavy atom. The highest BCUT2D eigenvalue weighted by Crippen LogP contribution is 2.28. The van der Waals surface area contributed by atoms with Gasteiger partial charge < -0.3 is 15.7 Å². The molecule has 0 saturated heterocycles. The highest BCUT2D eigenvalue weighted by molar-refractivity contribution is 5.82. The lowest BCUT2D eigenvalue weighted by molar-refractivity contribution is -0.141. The number of aliphatic carboxylic acids is 1. The molecule has 5 nitrogen and oxygen atoms in total. The molecule has 0 aromatic rings. The van der Waals surface area contributed by atoms with Gasteiger partial charge in [-0.05, 0) is 44.4 Å². The summed E-state index contributed by atoms with van der Waals surface area (Å²) in [5.41, 5.74) is 0. The van der Waals surface area contributed by atoms with Gasteiger partial charge in [0.2, 0.25) is 0 Å². The van der Waals surface area contributed by atoms with E-state index in [9.17, 15) is 14.7 Å². The summed E-state index contributed by atoms with van der Waals surface area (Å²) in [5.74, 6) is -0.303. The maximum atomic E-state index is 12.1. The van der Waals surface area contributed by atoms with E-state index in [0.29, 0.717) is 5.92 Å². The number of hydrogen-bond donors (Lipinski definition) is 3. The van der Waals surface area contributed by atoms with Crippen LogP contribution < -0.4 is 10.6 Å². The number of urea groups is 1. The fourth-order valence-corrected chi connectivity index (χ4v) is 3.81. The van der Waals surface area contributed by atoms with Crippen LogP contribution in [-0.2, 0) is 4.79 Å². The van der Waals surface area contributed by atoms with Gasteiger partial charge in [-0.2, -0.15) is 0 Å². The molecule has 120 valence electrons. The van der Waals surface area contributed by atoms with Crippen molar-refractivity contribution in [3.8, 4) is 0 Å². The number of carbonyl (C=O) groups is 2. The molecule has 2 aliphatic carbocycles. The SMILES string of the molecule is CC(NC(=O)NC(C(=O)O)C1CCCCC1)C1CCCC1. The van der Waals surface area contributed by atoms with Gasteiger partial charge in [0, 0.05) is 6.04 Å². The molecular weight excluding hydrogens is 268 g/mol. The third-order valence-corrected chi connectivity index (χ3v) is 5.14. The van der Waals surface area contributed by atoms with Gasteiger partial charge in [0.1, 0.15) is 6.04 Å². The first-order chi connectivity index (χ1) is 10.1. The molecule has 2 atom stereocenters. The third kappa shape index (κ3) is 4.61. The summed E-state index contributed by atoms with van der Waals surface area (Å²) >= 11 is 0. The summed E-state index contributed by atoms with van der Waals surface area (Å²) in [4.78, 5) is 23.5. The van der Waals surface area contributed by atoms with Gasteiger partial charge in [0.05, 0.1) is 0 Å². The Hall–Kier alpha value is -1.26. The first-order valence-corrected chi connectivity index (χ1v) is 8.37. The average Bonchev–Trinajstić information content (AvgIpc) is 2.99. The second-order valence-corrected chi connectivity index (χ2v) is 6.67. The second kappa shape index (κ2) is 7.66. The van der Waals surface area contributed by atoms with Crippen LogP contribution in [0.5, 0.6) is 0 Å². The fourth-order valence-electron chi connectivity index (χ4n) is 3.81. The summed E-state index contributed by atoms with van der Waals surface area (Å²) in [6.07, 6.45) is 9.89. The van der Waals surface area contributed by atoms with Crippen LogP contribution in [0.4, 0.5) is 4.79 Å². The maximum Gasteiger partial charge on any atom is 0.326 e. The molecule has 0 aromatic carbocycles. The highest BCUT2D eigenvalue weighted by atomic mass is 16.4. The van der Waals surface area contributed by atoms with Crippen molar-refractivity contribution < 1.29 is 14.7 Å². The van der Waals surface area contributed by atoms with Crippen LogP contribution in [0.1, 0.15) is 64.7 Å². The van der Waals surface area contributed by atoms with Crippen LogP contribution >= 0.6 is 0 Å². The van der Waals surface area contributed by atoms with Crippen LogP contribution in [0.15, 0.2) is 0 Å². The van der Waals surface area contributed by atoms with Crippen LogP contribution in [0, 0.1) is 11.8 Å². The first-order valence-electron chi connectivity index (χ1n) is 8.37. The zero-order chi connectivity index (χ0) is 15.2. The molecule has 0 spiro atoms. The monoisotopic (exact) mass is 296 g/mol. The van der Waals surface area contributed by atoms with E-state index in [-0.39, 0.29) is 18.0 Å². The average molecular weight is 296 g/mol. The fraction of sp³-hybridized carbons (Fsp3) is 0.875. The predicted octanol–water partition coefficient (Wildman–Crippen LogP) is 2.90. The lowest BCUT2D eigenvalue weighted by Gasteiger charge is -2.29. The van der Waals surface area contributed by atoms with E-state index < -0.39 is 12.0 Å². The zero-order valence-corrected chi connectivity index (χ0v) is 12.9. The van der Waals surface area contributed by atoms with Gasteiger partial charge in [0.25, 0.3) is 0 Å². The molecule has 0 bridgehead atoms. The molecule has 3 N–H and O–H groups in total. The minimum Gasteiger partial charge on any atom is -0.480 e. The topological polar surface area (TPSA) is 78.4 Å². The molecule has 2 saturated carbocycles. The van der Waals surface area contributed by atoms with E-state index in [4.69, 9.17) is 0 Å². The van der Waals surface area contributed by atoms with Gasteiger partial charge in [-0.25, -0.2) is 9.59 Å². The number of rotatable bonds is 5. The molecule has 2 amide bonds. The lowest BCUT2D eigenvalue weighted by atomic mass is 9.84. The summed E-state index contributed by atoms with van der Waals surface area (Å²) in [6.45, 7) is 2.02. The van der Waals surface area contributed by atoms with Crippen molar-refractivity contribution >= 4 is 12.0 Å². The van der Waals surface area contributed by atoms with Gasteiger partial charge in [-0.1, -0.05) is 32.1 Å². The van der Waals surface area contributed by atoms with Crippen LogP contribution in [0.25, 0.3) is 0 Å². The van der Waals surface area contributed by atoms with Gasteiger partial charge in [-0.3, -0.25) is 0 Å². The lowest BCUT2D eigenvalue weighted by Crippen LogP contribution is -2.52. The number of hydrogen-bond acceptors (Lipinski definition) is 2. The molecule has 2 rings (SSSR count). The third-order valence-electron chi connectivity index (χ3n) is 5.14. The zero-order valence-electron chi connectivity index (χ0n) is 12.9. The summed E-state index contributed by atoms with van der Waals surface area (Å²) in [7, 11) is 0. The Morgan fingerprint density at radius 3 is 2.00 bits per heavy atom. The quantitative estimate of drug-likeness (QED) is 0.730. The van der Waals surface area contributed by atoms with Gasteiger partial charge in [0.15, 0.2) is 0 Å². The number of carboxylic acids is 1. The summed E-state index contributed by atoms with van der Waals surface area (Å²) in [6, 6.07) is -0.957. The molecule has 0 heterocycles. The van der Waals surface area contributed by atoms with Crippen molar-refractivity contribution in [3.63, 3.8) is 0 Å². The number of nitrogens with one attached hydrogen (secondary N) is 2. The largest absolute Gasteiger partial charge is 0.480 e. The van der Waals surface area contributed by atoms with Crippen molar-refractivity contribution in [1.82, 2.24) is 10.6 Å². The number of carbonyl (C=O) groups excluding carboxylic acids is 1. The number of amides is 2. The van der Waals surface area contributed by atoms with Crippen molar-refractivity contribution in [1.29, 1.82) is 0 Å². The first kappa shape index (κ1) is 16.1. The summed E-state index contributed by atoms with van der Waals surface area (Å²) in [5, 5.41) is 15.0. The van der Waals surface area contributed by atoms with E-state index in [1.54, 1.807) is 0 Å². The molecule has 0 aromatic heterocycles. The molecule has 21 heavy (non-hydrogen) atoms. The highest BCUT2D eigenvalue weighted by Gasteiger charge is 2.31. The predicted molar refractivity (Wildman–Crippen MR) is 81.1 cm³/mol. The molecule has 0 aliphatic heterocycles. The Morgan fingerprint density at radius 2 is 1.43 bits per heavy atom. The Labute approximate surface area is 126 Å². The minimum atomic E-state index is -0.912. The smallest absolute Gasteiger partial charge is 0.326 e. The number of carboxylic acid groups (broad SMARTS) is 1. The normalized spacial score (nSPS) is 23.5. The van der Waals surface area contributed by atoms with E-state index in [2.05, 4.69) is 10.6 Å². The van der Waals surface area contributed by atoms with Crippen molar-refractivity contribution in [2.24, 2.45) is 11.8 Å². The molecule has 2 unspecified atom stereocenters. The van der Waals surface area contributed by atoms with E-state index in [0.717, 1.165) is 38.5 Å². The van der Waals surface area contributed by atoms with Crippen molar-refractivity contribution in [2.75, 3.05) is 0 Å². The van der Waals surface area contributed by atoms with E-state index in [1.807, 2.05) is 6.92 Å². The van der Waals surface area contributed by atoms with Crippen LogP contribution in [0.2, 0.25) is 0 Å². The van der Waals surface area contributed by atoms with Crippen LogP contribution in [0.3, 0.4) is 0 Å². The maximum absolute atomic E-state index is 12.1. The molecule has 2 aliphatic rings. The molecular formula is C16H28N2O3. The van der Waals surface area contributed by atoms with E-state index >= 15 is 0 Å². The Kier molecular flexibility index (Phi) is 5.88. The second-order valence-electron chi connectivity index (χ2n) is 6.67. The van der Waals surface area contributed by atoms with Crippen LogP contribution in [-0.4, -0.2) is 29.2 Å². The van der Waals surface area contributed by atoms with Crippen molar-refractivity contribution in [2.45, 2.75) is 76.8 Å². The standard InChI is InChI=1S/C16H28N2O3/c1-11(12-7-5-6-8-12)17-16(21)18-14(15(19)20)13-9-3-2-4-10-13/h11-14H,2-10H2,1H3,(H,19,20)(H2,17,18,21). The Balaban J connectivity index is 1.84. The molecule has 0 radical (unpaired) electrons. The van der Waals surface area contributed by atoms with E-state index in [1.165, 1.54) is 19.3 Å². The summed E-state index contributed by atoms with van der Waals surface area (Å²) < 4.78 is 0. The van der Waals surface area contributed by atoms with Gasteiger partial charge in [-0.15, -0.1) is 0 Å².